The summed E-state index contributed by atoms with van der Waals surface area (Å²) in [5.74, 6) is -0.0943. The maximum atomic E-state index is 13.5. The Hall–Kier alpha value is -3.94. The molecule has 1 aliphatic rings. The summed E-state index contributed by atoms with van der Waals surface area (Å²) in [6.45, 7) is 12.5. The molecule has 8 heteroatoms. The molecule has 0 spiro atoms. The van der Waals surface area contributed by atoms with Gasteiger partial charge in [-0.3, -0.25) is 9.59 Å². The lowest BCUT2D eigenvalue weighted by Gasteiger charge is -2.38. The number of hydrogen-bond acceptors (Lipinski definition) is 5. The lowest BCUT2D eigenvalue weighted by Crippen LogP contribution is -2.51. The highest BCUT2D eigenvalue weighted by Crippen LogP contribution is 2.25. The summed E-state index contributed by atoms with van der Waals surface area (Å²) >= 11 is 0. The summed E-state index contributed by atoms with van der Waals surface area (Å²) in [7, 11) is 0. The summed E-state index contributed by atoms with van der Waals surface area (Å²) in [6.07, 6.45) is 0. The zero-order chi connectivity index (χ0) is 25.6. The van der Waals surface area contributed by atoms with Gasteiger partial charge in [-0.2, -0.15) is 10.2 Å². The third kappa shape index (κ3) is 3.96. The fourth-order valence-corrected chi connectivity index (χ4v) is 5.15. The van der Waals surface area contributed by atoms with Crippen molar-refractivity contribution in [1.29, 1.82) is 0 Å². The Morgan fingerprint density at radius 2 is 1.58 bits per heavy atom. The highest BCUT2D eigenvalue weighted by Gasteiger charge is 2.29. The highest BCUT2D eigenvalue weighted by molar-refractivity contribution is 5.84. The molecule has 0 saturated carbocycles. The zero-order valence-corrected chi connectivity index (χ0v) is 21.5. The van der Waals surface area contributed by atoms with Crippen LogP contribution in [0.4, 0.5) is 5.69 Å². The Morgan fingerprint density at radius 3 is 2.28 bits per heavy atom. The van der Waals surface area contributed by atoms with Crippen molar-refractivity contribution in [2.75, 3.05) is 31.1 Å². The number of piperazine rings is 1. The average molecular weight is 485 g/mol. The van der Waals surface area contributed by atoms with E-state index >= 15 is 0 Å². The molecule has 1 unspecified atom stereocenters. The maximum absolute atomic E-state index is 13.5. The van der Waals surface area contributed by atoms with Crippen molar-refractivity contribution in [2.45, 2.75) is 40.7 Å². The van der Waals surface area contributed by atoms with E-state index in [1.54, 1.807) is 11.6 Å². The molecule has 1 fully saturated rings. The van der Waals surface area contributed by atoms with Crippen LogP contribution in [-0.2, 0) is 4.79 Å². The van der Waals surface area contributed by atoms with Crippen LogP contribution in [0.25, 0.3) is 16.6 Å². The van der Waals surface area contributed by atoms with Crippen molar-refractivity contribution in [3.63, 3.8) is 0 Å². The molecule has 186 valence electrons. The van der Waals surface area contributed by atoms with Crippen LogP contribution in [0.5, 0.6) is 0 Å². The molecule has 1 aliphatic heterocycles. The molecule has 0 N–H and O–H groups in total. The number of para-hydroxylation sites is 1. The third-order valence-corrected chi connectivity index (χ3v) is 7.38. The molecule has 1 amide bonds. The fourth-order valence-electron chi connectivity index (χ4n) is 5.15. The van der Waals surface area contributed by atoms with Gasteiger partial charge in [0.25, 0.3) is 5.56 Å². The fraction of sp³-hybridized carbons (Fsp3) is 0.357. The molecule has 3 heterocycles. The summed E-state index contributed by atoms with van der Waals surface area (Å²) in [4.78, 5) is 31.1. The normalized spacial score (nSPS) is 14.9. The molecule has 0 radical (unpaired) electrons. The van der Waals surface area contributed by atoms with E-state index in [-0.39, 0.29) is 11.5 Å². The molecule has 0 aliphatic carbocycles. The highest BCUT2D eigenvalue weighted by atomic mass is 16.2. The maximum Gasteiger partial charge on any atom is 0.295 e. The van der Waals surface area contributed by atoms with Crippen LogP contribution in [0, 0.1) is 27.7 Å². The number of anilines is 1. The van der Waals surface area contributed by atoms with Crippen molar-refractivity contribution in [3.8, 4) is 5.69 Å². The first-order valence-corrected chi connectivity index (χ1v) is 12.4. The van der Waals surface area contributed by atoms with Gasteiger partial charge in [0, 0.05) is 31.9 Å². The second-order valence-corrected chi connectivity index (χ2v) is 9.60. The van der Waals surface area contributed by atoms with E-state index in [0.717, 1.165) is 29.9 Å². The summed E-state index contributed by atoms with van der Waals surface area (Å²) in [5.41, 5.74) is 6.17. The third-order valence-electron chi connectivity index (χ3n) is 7.38. The Morgan fingerprint density at radius 1 is 0.889 bits per heavy atom. The molecule has 4 aromatic rings. The van der Waals surface area contributed by atoms with E-state index in [1.807, 2.05) is 49.1 Å². The first-order chi connectivity index (χ1) is 17.3. The van der Waals surface area contributed by atoms with E-state index < -0.39 is 6.04 Å². The van der Waals surface area contributed by atoms with E-state index in [9.17, 15) is 9.59 Å². The van der Waals surface area contributed by atoms with Gasteiger partial charge in [0.15, 0.2) is 5.52 Å². The van der Waals surface area contributed by atoms with Crippen molar-refractivity contribution >= 4 is 22.5 Å². The molecule has 5 rings (SSSR count). The van der Waals surface area contributed by atoms with E-state index in [2.05, 4.69) is 47.1 Å². The van der Waals surface area contributed by atoms with Gasteiger partial charge >= 0.3 is 0 Å². The van der Waals surface area contributed by atoms with Crippen LogP contribution < -0.4 is 10.5 Å². The largest absolute Gasteiger partial charge is 0.368 e. The standard InChI is InChI=1S/C28H32N6O2/c1-18-10-9-13-24(19(18)2)31-14-16-32(17-15-31)27(35)22(5)34-28(36)26-25(20(3)29-34)21(4)33(30-26)23-11-7-6-8-12-23/h6-13,22H,14-17H2,1-5H3. The average Bonchev–Trinajstić information content (AvgIpc) is 3.25. The predicted molar refractivity (Wildman–Crippen MR) is 142 cm³/mol. The number of nitrogens with zero attached hydrogens (tertiary/aromatic N) is 6. The minimum Gasteiger partial charge on any atom is -0.368 e. The summed E-state index contributed by atoms with van der Waals surface area (Å²) in [5, 5.41) is 9.93. The van der Waals surface area contributed by atoms with Gasteiger partial charge in [0.05, 0.1) is 22.5 Å². The number of benzene rings is 2. The van der Waals surface area contributed by atoms with E-state index in [0.29, 0.717) is 24.3 Å². The van der Waals surface area contributed by atoms with Crippen LogP contribution in [-0.4, -0.2) is 56.5 Å². The Labute approximate surface area is 210 Å². The summed E-state index contributed by atoms with van der Waals surface area (Å²) < 4.78 is 3.07. The quantitative estimate of drug-likeness (QED) is 0.441. The Kier molecular flexibility index (Phi) is 6.12. The van der Waals surface area contributed by atoms with Gasteiger partial charge in [0.2, 0.25) is 5.91 Å². The number of carbonyl (C=O) groups excluding carboxylic acids is 1. The Balaban J connectivity index is 1.40. The number of hydrogen-bond donors (Lipinski definition) is 0. The molecule has 1 atom stereocenters. The number of rotatable bonds is 4. The molecule has 0 bridgehead atoms. The smallest absolute Gasteiger partial charge is 0.295 e. The second kappa shape index (κ2) is 9.26. The summed E-state index contributed by atoms with van der Waals surface area (Å²) in [6, 6.07) is 15.3. The van der Waals surface area contributed by atoms with Crippen LogP contribution in [0.15, 0.2) is 53.3 Å². The van der Waals surface area contributed by atoms with E-state index in [4.69, 9.17) is 0 Å². The van der Waals surface area contributed by atoms with Crippen molar-refractivity contribution in [1.82, 2.24) is 24.5 Å². The van der Waals surface area contributed by atoms with Gasteiger partial charge in [-0.05, 0) is 63.9 Å². The van der Waals surface area contributed by atoms with Crippen molar-refractivity contribution < 1.29 is 4.79 Å². The van der Waals surface area contributed by atoms with Crippen molar-refractivity contribution in [3.05, 3.63) is 81.4 Å². The minimum atomic E-state index is -0.713. The molecular weight excluding hydrogens is 452 g/mol. The number of aromatic nitrogens is 4. The van der Waals surface area contributed by atoms with E-state index in [1.165, 1.54) is 21.5 Å². The topological polar surface area (TPSA) is 76.3 Å². The van der Waals surface area contributed by atoms with Gasteiger partial charge in [-0.1, -0.05) is 30.3 Å². The Bertz CT molecular complexity index is 1500. The van der Waals surface area contributed by atoms with Crippen molar-refractivity contribution in [2.24, 2.45) is 0 Å². The van der Waals surface area contributed by atoms with Gasteiger partial charge in [0.1, 0.15) is 6.04 Å². The second-order valence-electron chi connectivity index (χ2n) is 9.60. The predicted octanol–water partition coefficient (Wildman–Crippen LogP) is 3.73. The molecule has 2 aromatic heterocycles. The van der Waals surface area contributed by atoms with Crippen LogP contribution in [0.3, 0.4) is 0 Å². The molecular formula is C28H32N6O2. The van der Waals surface area contributed by atoms with Crippen LogP contribution in [0.2, 0.25) is 0 Å². The SMILES string of the molecule is Cc1cccc(N2CCN(C(=O)C(C)n3nc(C)c4c(C)n(-c5ccccc5)nc4c3=O)CC2)c1C. The number of amides is 1. The molecule has 8 nitrogen and oxygen atoms in total. The van der Waals surface area contributed by atoms with Crippen LogP contribution in [0.1, 0.15) is 35.5 Å². The number of carbonyl (C=O) groups is 1. The number of aryl methyl sites for hydroxylation is 3. The molecule has 2 aromatic carbocycles. The minimum absolute atomic E-state index is 0.0943. The van der Waals surface area contributed by atoms with Gasteiger partial charge in [-0.25, -0.2) is 9.36 Å². The van der Waals surface area contributed by atoms with Crippen LogP contribution >= 0.6 is 0 Å². The zero-order valence-electron chi connectivity index (χ0n) is 21.5. The first-order valence-electron chi connectivity index (χ1n) is 12.4. The lowest BCUT2D eigenvalue weighted by atomic mass is 10.1. The van der Waals surface area contributed by atoms with Gasteiger partial charge in [-0.15, -0.1) is 0 Å². The lowest BCUT2D eigenvalue weighted by molar-refractivity contribution is -0.135. The van der Waals surface area contributed by atoms with Gasteiger partial charge < -0.3 is 9.80 Å². The molecule has 36 heavy (non-hydrogen) atoms. The first kappa shape index (κ1) is 23.8. The molecule has 1 saturated heterocycles. The monoisotopic (exact) mass is 484 g/mol. The number of fused-ring (bicyclic) bond motifs is 1.